The third-order valence-electron chi connectivity index (χ3n) is 2.80. The Hall–Kier alpha value is -2.61. The average molecular weight is 267 g/mol. The fourth-order valence-corrected chi connectivity index (χ4v) is 1.89. The minimum atomic E-state index is 0.469. The maximum atomic E-state index is 8.87. The van der Waals surface area contributed by atoms with E-state index < -0.39 is 0 Å². The van der Waals surface area contributed by atoms with Crippen molar-refractivity contribution in [1.82, 2.24) is 9.97 Å². The summed E-state index contributed by atoms with van der Waals surface area (Å²) in [6, 6.07) is 11.3. The maximum absolute atomic E-state index is 8.87. The van der Waals surface area contributed by atoms with Crippen molar-refractivity contribution in [2.45, 2.75) is 26.3 Å². The molecule has 0 radical (unpaired) electrons. The number of nitrogen functional groups attached to an aromatic ring is 1. The molecule has 0 amide bonds. The Bertz CT molecular complexity index is 630. The number of hydrogen-bond acceptors (Lipinski definition) is 5. The van der Waals surface area contributed by atoms with Gasteiger partial charge in [-0.25, -0.2) is 9.97 Å². The van der Waals surface area contributed by atoms with Crippen LogP contribution in [0, 0.1) is 11.3 Å². The summed E-state index contributed by atoms with van der Waals surface area (Å²) in [7, 11) is 0. The van der Waals surface area contributed by atoms with Crippen molar-refractivity contribution in [2.75, 3.05) is 11.1 Å². The first-order valence-electron chi connectivity index (χ1n) is 6.57. The Morgan fingerprint density at radius 3 is 2.90 bits per heavy atom. The molecule has 0 aliphatic rings. The first-order chi connectivity index (χ1) is 9.71. The van der Waals surface area contributed by atoms with E-state index in [1.165, 1.54) is 0 Å². The fraction of sp³-hybridized carbons (Fsp3) is 0.267. The Labute approximate surface area is 118 Å². The number of anilines is 2. The van der Waals surface area contributed by atoms with E-state index in [4.69, 9.17) is 11.0 Å². The van der Waals surface area contributed by atoms with Gasteiger partial charge >= 0.3 is 0 Å². The number of nitrogens with one attached hydrogen (secondary N) is 1. The molecule has 0 aliphatic heterocycles. The molecule has 0 saturated carbocycles. The van der Waals surface area contributed by atoms with Crippen LogP contribution < -0.4 is 11.1 Å². The summed E-state index contributed by atoms with van der Waals surface area (Å²) in [6.07, 6.45) is 1.79. The second-order valence-electron chi connectivity index (χ2n) is 4.51. The van der Waals surface area contributed by atoms with E-state index >= 15 is 0 Å². The number of nitrogens with zero attached hydrogens (tertiary/aromatic N) is 3. The number of nitriles is 1. The van der Waals surface area contributed by atoms with E-state index in [9.17, 15) is 0 Å². The summed E-state index contributed by atoms with van der Waals surface area (Å²) < 4.78 is 0. The second kappa shape index (κ2) is 6.53. The van der Waals surface area contributed by atoms with Gasteiger partial charge in [-0.05, 0) is 24.1 Å². The molecular formula is C15H17N5. The zero-order valence-electron chi connectivity index (χ0n) is 11.4. The number of rotatable bonds is 5. The lowest BCUT2D eigenvalue weighted by atomic mass is 10.1. The summed E-state index contributed by atoms with van der Waals surface area (Å²) >= 11 is 0. The van der Waals surface area contributed by atoms with Crippen LogP contribution in [-0.2, 0) is 13.0 Å². The van der Waals surface area contributed by atoms with E-state index in [1.807, 2.05) is 18.2 Å². The molecule has 0 atom stereocenters. The largest absolute Gasteiger partial charge is 0.384 e. The molecule has 2 aromatic rings. The lowest BCUT2D eigenvalue weighted by Crippen LogP contribution is -2.06. The molecule has 1 aromatic heterocycles. The first-order valence-corrected chi connectivity index (χ1v) is 6.57. The van der Waals surface area contributed by atoms with Gasteiger partial charge in [0.2, 0.25) is 0 Å². The molecule has 1 aromatic carbocycles. The SMILES string of the molecule is CCCc1nc(N)cc(NCc2cccc(C#N)c2)n1. The van der Waals surface area contributed by atoms with Gasteiger partial charge in [-0.3, -0.25) is 0 Å². The molecule has 5 nitrogen and oxygen atoms in total. The number of benzene rings is 1. The van der Waals surface area contributed by atoms with E-state index in [0.717, 1.165) is 24.2 Å². The molecular weight excluding hydrogens is 250 g/mol. The zero-order chi connectivity index (χ0) is 14.4. The highest BCUT2D eigenvalue weighted by Gasteiger charge is 2.02. The summed E-state index contributed by atoms with van der Waals surface area (Å²) in [5.41, 5.74) is 7.45. The van der Waals surface area contributed by atoms with Crippen LogP contribution in [0.15, 0.2) is 30.3 Å². The van der Waals surface area contributed by atoms with Gasteiger partial charge in [0.15, 0.2) is 0 Å². The van der Waals surface area contributed by atoms with E-state index in [2.05, 4.69) is 28.3 Å². The second-order valence-corrected chi connectivity index (χ2v) is 4.51. The Kier molecular flexibility index (Phi) is 4.51. The molecule has 0 unspecified atom stereocenters. The van der Waals surface area contributed by atoms with Crippen LogP contribution in [0.3, 0.4) is 0 Å². The van der Waals surface area contributed by atoms with E-state index in [0.29, 0.717) is 23.7 Å². The monoisotopic (exact) mass is 267 g/mol. The molecule has 0 fully saturated rings. The van der Waals surface area contributed by atoms with Crippen molar-refractivity contribution >= 4 is 11.6 Å². The van der Waals surface area contributed by atoms with Crippen molar-refractivity contribution < 1.29 is 0 Å². The highest BCUT2D eigenvalue weighted by atomic mass is 15.0. The number of aromatic nitrogens is 2. The molecule has 0 saturated heterocycles. The predicted molar refractivity (Wildman–Crippen MR) is 78.9 cm³/mol. The fourth-order valence-electron chi connectivity index (χ4n) is 1.89. The smallest absolute Gasteiger partial charge is 0.133 e. The van der Waals surface area contributed by atoms with Gasteiger partial charge in [-0.15, -0.1) is 0 Å². The maximum Gasteiger partial charge on any atom is 0.133 e. The van der Waals surface area contributed by atoms with Crippen molar-refractivity contribution in [2.24, 2.45) is 0 Å². The quantitative estimate of drug-likeness (QED) is 0.869. The van der Waals surface area contributed by atoms with Crippen LogP contribution in [0.4, 0.5) is 11.6 Å². The van der Waals surface area contributed by atoms with Crippen molar-refractivity contribution in [3.8, 4) is 6.07 Å². The number of nitrogens with two attached hydrogens (primary N) is 1. The summed E-state index contributed by atoms with van der Waals surface area (Å²) in [5, 5.41) is 12.1. The van der Waals surface area contributed by atoms with Crippen LogP contribution >= 0.6 is 0 Å². The van der Waals surface area contributed by atoms with E-state index in [-0.39, 0.29) is 0 Å². The van der Waals surface area contributed by atoms with Gasteiger partial charge in [0.25, 0.3) is 0 Å². The minimum Gasteiger partial charge on any atom is -0.384 e. The van der Waals surface area contributed by atoms with Gasteiger partial charge in [-0.2, -0.15) is 5.26 Å². The Balaban J connectivity index is 2.08. The lowest BCUT2D eigenvalue weighted by Gasteiger charge is -2.08. The van der Waals surface area contributed by atoms with Gasteiger partial charge in [-0.1, -0.05) is 19.1 Å². The molecule has 0 bridgehead atoms. The topological polar surface area (TPSA) is 87.6 Å². The highest BCUT2D eigenvalue weighted by Crippen LogP contribution is 2.12. The lowest BCUT2D eigenvalue weighted by molar-refractivity contribution is 0.836. The normalized spacial score (nSPS) is 10.0. The average Bonchev–Trinajstić information content (AvgIpc) is 2.45. The van der Waals surface area contributed by atoms with Gasteiger partial charge in [0.05, 0.1) is 11.6 Å². The zero-order valence-corrected chi connectivity index (χ0v) is 11.4. The predicted octanol–water partition coefficient (Wildman–Crippen LogP) is 2.50. The van der Waals surface area contributed by atoms with Crippen molar-refractivity contribution in [3.05, 3.63) is 47.3 Å². The van der Waals surface area contributed by atoms with Gasteiger partial charge in [0.1, 0.15) is 17.5 Å². The third kappa shape index (κ3) is 3.69. The van der Waals surface area contributed by atoms with E-state index in [1.54, 1.807) is 12.1 Å². The molecule has 5 heteroatoms. The Morgan fingerprint density at radius 2 is 2.15 bits per heavy atom. The molecule has 20 heavy (non-hydrogen) atoms. The van der Waals surface area contributed by atoms with Crippen molar-refractivity contribution in [3.63, 3.8) is 0 Å². The number of aryl methyl sites for hydroxylation is 1. The molecule has 3 N–H and O–H groups in total. The summed E-state index contributed by atoms with van der Waals surface area (Å²) in [5.74, 6) is 1.93. The van der Waals surface area contributed by atoms with Gasteiger partial charge in [0, 0.05) is 19.0 Å². The molecule has 1 heterocycles. The van der Waals surface area contributed by atoms with Gasteiger partial charge < -0.3 is 11.1 Å². The van der Waals surface area contributed by atoms with Crippen LogP contribution in [0.1, 0.15) is 30.3 Å². The highest BCUT2D eigenvalue weighted by molar-refractivity contribution is 5.45. The minimum absolute atomic E-state index is 0.469. The Morgan fingerprint density at radius 1 is 1.30 bits per heavy atom. The van der Waals surface area contributed by atoms with Crippen molar-refractivity contribution in [1.29, 1.82) is 5.26 Å². The van der Waals surface area contributed by atoms with Crippen LogP contribution in [0.25, 0.3) is 0 Å². The van der Waals surface area contributed by atoms with Crippen LogP contribution in [0.5, 0.6) is 0 Å². The summed E-state index contributed by atoms with van der Waals surface area (Å²) in [4.78, 5) is 8.60. The van der Waals surface area contributed by atoms with Crippen LogP contribution in [-0.4, -0.2) is 9.97 Å². The molecule has 102 valence electrons. The molecule has 0 aliphatic carbocycles. The summed E-state index contributed by atoms with van der Waals surface area (Å²) in [6.45, 7) is 2.67. The van der Waals surface area contributed by atoms with Crippen LogP contribution in [0.2, 0.25) is 0 Å². The number of hydrogen-bond donors (Lipinski definition) is 2. The molecule has 2 rings (SSSR count). The molecule has 0 spiro atoms. The third-order valence-corrected chi connectivity index (χ3v) is 2.80. The standard InChI is InChI=1S/C15H17N5/c1-2-4-14-19-13(17)8-15(20-14)18-10-12-6-3-5-11(7-12)9-16/h3,5-8H,2,4,10H2,1H3,(H3,17,18,19,20). The first kappa shape index (κ1) is 13.8.